The Morgan fingerprint density at radius 1 is 1.45 bits per heavy atom. The molecule has 2 aromatic heterocycles. The summed E-state index contributed by atoms with van der Waals surface area (Å²) in [6, 6.07) is 3.81. The van der Waals surface area contributed by atoms with Crippen LogP contribution < -0.4 is 5.32 Å². The normalized spacial score (nSPS) is 11.9. The van der Waals surface area contributed by atoms with Crippen LogP contribution in [0.25, 0.3) is 0 Å². The first-order valence-electron chi connectivity index (χ1n) is 5.96. The molecule has 0 aliphatic carbocycles. The average Bonchev–Trinajstić information content (AvgIpc) is 2.44. The maximum Gasteiger partial charge on any atom is 0.291 e. The lowest BCUT2D eigenvalue weighted by molar-refractivity contribution is -0.385. The molecule has 7 heteroatoms. The fourth-order valence-electron chi connectivity index (χ4n) is 1.77. The van der Waals surface area contributed by atoms with Gasteiger partial charge >= 0.3 is 0 Å². The second-order valence-corrected chi connectivity index (χ2v) is 5.13. The lowest BCUT2D eigenvalue weighted by atomic mass is 10.1. The van der Waals surface area contributed by atoms with E-state index in [4.69, 9.17) is 0 Å². The van der Waals surface area contributed by atoms with Crippen molar-refractivity contribution in [3.63, 3.8) is 0 Å². The van der Waals surface area contributed by atoms with E-state index >= 15 is 0 Å². The van der Waals surface area contributed by atoms with E-state index in [0.29, 0.717) is 15.9 Å². The molecule has 20 heavy (non-hydrogen) atoms. The zero-order valence-electron chi connectivity index (χ0n) is 11.0. The van der Waals surface area contributed by atoms with Gasteiger partial charge in [-0.3, -0.25) is 15.1 Å². The molecule has 0 aromatic carbocycles. The molecular formula is C13H13BrN4O2. The van der Waals surface area contributed by atoms with Crippen molar-refractivity contribution in [1.82, 2.24) is 9.97 Å². The third kappa shape index (κ3) is 2.93. The predicted molar refractivity (Wildman–Crippen MR) is 79.6 cm³/mol. The number of hydrogen-bond donors (Lipinski definition) is 1. The first-order chi connectivity index (χ1) is 9.50. The molecule has 0 saturated carbocycles. The Morgan fingerprint density at radius 2 is 2.20 bits per heavy atom. The predicted octanol–water partition coefficient (Wildman–Crippen LogP) is 3.63. The van der Waals surface area contributed by atoms with Crippen LogP contribution in [0.15, 0.2) is 35.2 Å². The van der Waals surface area contributed by atoms with E-state index < -0.39 is 4.92 Å². The first-order valence-corrected chi connectivity index (χ1v) is 6.76. The minimum Gasteiger partial charge on any atom is -0.363 e. The summed E-state index contributed by atoms with van der Waals surface area (Å²) in [6.45, 7) is 3.66. The van der Waals surface area contributed by atoms with Crippen LogP contribution in [-0.2, 0) is 0 Å². The van der Waals surface area contributed by atoms with Gasteiger partial charge in [-0.05, 0) is 41.4 Å². The molecular weight excluding hydrogens is 324 g/mol. The Hall–Kier alpha value is -2.02. The summed E-state index contributed by atoms with van der Waals surface area (Å²) in [4.78, 5) is 18.6. The molecule has 0 radical (unpaired) electrons. The fourth-order valence-corrected chi connectivity index (χ4v) is 2.19. The van der Waals surface area contributed by atoms with Crippen molar-refractivity contribution < 1.29 is 4.92 Å². The topological polar surface area (TPSA) is 81.0 Å². The van der Waals surface area contributed by atoms with Crippen molar-refractivity contribution >= 4 is 27.4 Å². The number of anilines is 1. The Labute approximate surface area is 124 Å². The van der Waals surface area contributed by atoms with Gasteiger partial charge in [-0.2, -0.15) is 0 Å². The van der Waals surface area contributed by atoms with Crippen LogP contribution in [0.3, 0.4) is 0 Å². The highest BCUT2D eigenvalue weighted by atomic mass is 79.9. The van der Waals surface area contributed by atoms with Crippen molar-refractivity contribution in [2.75, 3.05) is 5.32 Å². The minimum absolute atomic E-state index is 0.00328. The third-order valence-electron chi connectivity index (χ3n) is 2.97. The van der Waals surface area contributed by atoms with E-state index in [1.807, 2.05) is 19.1 Å². The number of halogens is 1. The molecule has 104 valence electrons. The van der Waals surface area contributed by atoms with Crippen LogP contribution in [0.4, 0.5) is 11.5 Å². The van der Waals surface area contributed by atoms with Gasteiger partial charge in [0.05, 0.1) is 15.4 Å². The van der Waals surface area contributed by atoms with Crippen LogP contribution in [0.5, 0.6) is 0 Å². The van der Waals surface area contributed by atoms with Gasteiger partial charge in [0.15, 0.2) is 0 Å². The van der Waals surface area contributed by atoms with Crippen molar-refractivity contribution in [3.8, 4) is 0 Å². The van der Waals surface area contributed by atoms with Gasteiger partial charge in [0.25, 0.3) is 5.69 Å². The molecule has 2 heterocycles. The maximum absolute atomic E-state index is 10.8. The van der Waals surface area contributed by atoms with Crippen molar-refractivity contribution in [3.05, 3.63) is 56.4 Å². The number of nitrogens with zero attached hydrogens (tertiary/aromatic N) is 3. The number of hydrogen-bond acceptors (Lipinski definition) is 5. The van der Waals surface area contributed by atoms with E-state index in [1.165, 1.54) is 6.20 Å². The highest BCUT2D eigenvalue weighted by molar-refractivity contribution is 9.10. The first kappa shape index (κ1) is 14.4. The summed E-state index contributed by atoms with van der Waals surface area (Å²) in [5, 5.41) is 14.1. The molecule has 1 atom stereocenters. The molecule has 0 amide bonds. The smallest absolute Gasteiger partial charge is 0.291 e. The van der Waals surface area contributed by atoms with E-state index in [0.717, 1.165) is 5.56 Å². The minimum atomic E-state index is -0.443. The van der Waals surface area contributed by atoms with Crippen LogP contribution >= 0.6 is 15.9 Å². The van der Waals surface area contributed by atoms with Crippen molar-refractivity contribution in [1.29, 1.82) is 0 Å². The monoisotopic (exact) mass is 336 g/mol. The number of aromatic nitrogens is 2. The second-order valence-electron chi connectivity index (χ2n) is 4.34. The standard InChI is InChI=1S/C13H13BrN4O2/c1-8-11(18(19)20)7-16-13(12(8)14)17-9(2)10-4-3-5-15-6-10/h3-7,9H,1-2H3,(H,16,17). The van der Waals surface area contributed by atoms with Gasteiger partial charge in [0.2, 0.25) is 0 Å². The van der Waals surface area contributed by atoms with E-state index in [1.54, 1.807) is 19.3 Å². The molecule has 0 bridgehead atoms. The molecule has 2 rings (SSSR count). The molecule has 1 N–H and O–H groups in total. The molecule has 0 aliphatic rings. The van der Waals surface area contributed by atoms with Crippen molar-refractivity contribution in [2.45, 2.75) is 19.9 Å². The lowest BCUT2D eigenvalue weighted by Crippen LogP contribution is -2.09. The summed E-state index contributed by atoms with van der Waals surface area (Å²) < 4.78 is 0.599. The zero-order valence-corrected chi connectivity index (χ0v) is 12.6. The van der Waals surface area contributed by atoms with Gasteiger partial charge in [-0.25, -0.2) is 4.98 Å². The highest BCUT2D eigenvalue weighted by Gasteiger charge is 2.18. The van der Waals surface area contributed by atoms with Gasteiger partial charge in [0, 0.05) is 18.0 Å². The largest absolute Gasteiger partial charge is 0.363 e. The van der Waals surface area contributed by atoms with Gasteiger partial charge in [-0.15, -0.1) is 0 Å². The quantitative estimate of drug-likeness (QED) is 0.681. The molecule has 0 spiro atoms. The number of pyridine rings is 2. The number of nitro groups is 1. The maximum atomic E-state index is 10.8. The summed E-state index contributed by atoms with van der Waals surface area (Å²) >= 11 is 3.36. The van der Waals surface area contributed by atoms with Crippen LogP contribution in [0, 0.1) is 17.0 Å². The molecule has 0 aliphatic heterocycles. The second kappa shape index (κ2) is 5.96. The molecule has 1 unspecified atom stereocenters. The van der Waals surface area contributed by atoms with Crippen molar-refractivity contribution in [2.24, 2.45) is 0 Å². The lowest BCUT2D eigenvalue weighted by Gasteiger charge is -2.16. The molecule has 0 fully saturated rings. The van der Waals surface area contributed by atoms with Gasteiger partial charge in [-0.1, -0.05) is 6.07 Å². The highest BCUT2D eigenvalue weighted by Crippen LogP contribution is 2.32. The zero-order chi connectivity index (χ0) is 14.7. The summed E-state index contributed by atoms with van der Waals surface area (Å²) in [6.07, 6.45) is 4.74. The SMILES string of the molecule is Cc1c([N+](=O)[O-])cnc(NC(C)c2cccnc2)c1Br. The Morgan fingerprint density at radius 3 is 2.80 bits per heavy atom. The molecule has 6 nitrogen and oxygen atoms in total. The Balaban J connectivity index is 2.27. The van der Waals surface area contributed by atoms with E-state index in [2.05, 4.69) is 31.2 Å². The third-order valence-corrected chi connectivity index (χ3v) is 3.94. The molecule has 0 saturated heterocycles. The average molecular weight is 337 g/mol. The Kier molecular flexibility index (Phi) is 4.29. The van der Waals surface area contributed by atoms with Crippen LogP contribution in [0.1, 0.15) is 24.1 Å². The van der Waals surface area contributed by atoms with Gasteiger partial charge < -0.3 is 5.32 Å². The summed E-state index contributed by atoms with van der Waals surface area (Å²) in [7, 11) is 0. The van der Waals surface area contributed by atoms with Gasteiger partial charge in [0.1, 0.15) is 12.0 Å². The van der Waals surface area contributed by atoms with Crippen LogP contribution in [-0.4, -0.2) is 14.9 Å². The summed E-state index contributed by atoms with van der Waals surface area (Å²) in [5.74, 6) is 0.574. The number of nitrogens with one attached hydrogen (secondary N) is 1. The fraction of sp³-hybridized carbons (Fsp3) is 0.231. The van der Waals surface area contributed by atoms with E-state index in [-0.39, 0.29) is 11.7 Å². The molecule has 2 aromatic rings. The number of rotatable bonds is 4. The van der Waals surface area contributed by atoms with Crippen LogP contribution in [0.2, 0.25) is 0 Å². The Bertz CT molecular complexity index is 634. The van der Waals surface area contributed by atoms with E-state index in [9.17, 15) is 10.1 Å². The summed E-state index contributed by atoms with van der Waals surface area (Å²) in [5.41, 5.74) is 1.56.